The fourth-order valence-corrected chi connectivity index (χ4v) is 2.52. The number of carbonyl (C=O) groups excluding carboxylic acids is 2. The van der Waals surface area contributed by atoms with Crippen LogP contribution in [-0.2, 0) is 7.05 Å². The van der Waals surface area contributed by atoms with Crippen molar-refractivity contribution < 1.29 is 9.59 Å². The molecule has 1 aliphatic rings. The number of nitrogens with zero attached hydrogens (tertiary/aromatic N) is 2. The maximum atomic E-state index is 12.6. The van der Waals surface area contributed by atoms with Gasteiger partial charge in [0.15, 0.2) is 5.78 Å². The Morgan fingerprint density at radius 2 is 1.90 bits per heavy atom. The van der Waals surface area contributed by atoms with Crippen molar-refractivity contribution in [1.29, 1.82) is 0 Å². The number of aryl methyl sites for hydroxylation is 1. The summed E-state index contributed by atoms with van der Waals surface area (Å²) in [6, 6.07) is 5.27. The summed E-state index contributed by atoms with van der Waals surface area (Å²) in [6.07, 6.45) is 2.93. The van der Waals surface area contributed by atoms with Gasteiger partial charge in [-0.1, -0.05) is 0 Å². The van der Waals surface area contributed by atoms with Crippen molar-refractivity contribution >= 4 is 17.1 Å². The Labute approximate surface area is 116 Å². The third-order valence-corrected chi connectivity index (χ3v) is 3.87. The topological polar surface area (TPSA) is 52.0 Å². The first-order valence-corrected chi connectivity index (χ1v) is 6.39. The van der Waals surface area contributed by atoms with Crippen LogP contribution in [0, 0.1) is 13.8 Å². The van der Waals surface area contributed by atoms with Crippen LogP contribution in [0.2, 0.25) is 0 Å². The van der Waals surface area contributed by atoms with Gasteiger partial charge in [0.25, 0.3) is 0 Å². The second kappa shape index (κ2) is 4.27. The summed E-state index contributed by atoms with van der Waals surface area (Å²) in [5.41, 5.74) is 3.93. The molecule has 4 nitrogen and oxygen atoms in total. The summed E-state index contributed by atoms with van der Waals surface area (Å²) in [5, 5.41) is 0. The van der Waals surface area contributed by atoms with Crippen LogP contribution in [0.4, 0.5) is 0 Å². The first-order valence-electron chi connectivity index (χ1n) is 6.39. The lowest BCUT2D eigenvalue weighted by molar-refractivity contribution is 0.0997. The SMILES string of the molecule is Cc1cc(C2=CC(=O)c3ncccc3C2=O)c(C)n1C. The molecule has 0 radical (unpaired) electrons. The molecular weight excluding hydrogens is 252 g/mol. The number of hydrogen-bond donors (Lipinski definition) is 0. The molecule has 3 rings (SSSR count). The van der Waals surface area contributed by atoms with Crippen molar-refractivity contribution in [3.63, 3.8) is 0 Å². The molecule has 100 valence electrons. The van der Waals surface area contributed by atoms with Gasteiger partial charge in [0, 0.05) is 35.8 Å². The predicted molar refractivity (Wildman–Crippen MR) is 75.8 cm³/mol. The first-order chi connectivity index (χ1) is 9.50. The lowest BCUT2D eigenvalue weighted by atomic mass is 9.89. The summed E-state index contributed by atoms with van der Waals surface area (Å²) < 4.78 is 2.01. The normalized spacial score (nSPS) is 14.2. The minimum atomic E-state index is -0.212. The van der Waals surface area contributed by atoms with Crippen molar-refractivity contribution in [2.75, 3.05) is 0 Å². The van der Waals surface area contributed by atoms with Gasteiger partial charge in [0.2, 0.25) is 5.78 Å². The minimum Gasteiger partial charge on any atom is -0.352 e. The summed E-state index contributed by atoms with van der Waals surface area (Å²) in [5.74, 6) is -0.350. The number of fused-ring (bicyclic) bond motifs is 1. The standard InChI is InChI=1S/C16H14N2O2/c1-9-7-12(10(2)18(9)3)13-8-14(19)15-11(16(13)20)5-4-6-17-15/h4-8H,1-3H3. The Bertz CT molecular complexity index is 782. The van der Waals surface area contributed by atoms with E-state index in [2.05, 4.69) is 4.98 Å². The van der Waals surface area contributed by atoms with Crippen molar-refractivity contribution in [3.8, 4) is 0 Å². The molecule has 0 spiro atoms. The van der Waals surface area contributed by atoms with E-state index in [0.29, 0.717) is 11.1 Å². The van der Waals surface area contributed by atoms with Crippen LogP contribution in [0.3, 0.4) is 0 Å². The maximum Gasteiger partial charge on any atom is 0.205 e. The van der Waals surface area contributed by atoms with E-state index in [1.54, 1.807) is 12.1 Å². The zero-order valence-corrected chi connectivity index (χ0v) is 11.6. The fraction of sp³-hybridized carbons (Fsp3) is 0.188. The van der Waals surface area contributed by atoms with Gasteiger partial charge in [-0.05, 0) is 38.1 Å². The highest BCUT2D eigenvalue weighted by atomic mass is 16.1. The molecule has 0 amide bonds. The third kappa shape index (κ3) is 1.65. The molecule has 0 bridgehead atoms. The third-order valence-electron chi connectivity index (χ3n) is 3.87. The van der Waals surface area contributed by atoms with Gasteiger partial charge in [0.1, 0.15) is 5.69 Å². The van der Waals surface area contributed by atoms with E-state index in [1.807, 2.05) is 31.5 Å². The van der Waals surface area contributed by atoms with Crippen molar-refractivity contribution in [2.45, 2.75) is 13.8 Å². The molecule has 2 aromatic heterocycles. The van der Waals surface area contributed by atoms with Gasteiger partial charge < -0.3 is 4.57 Å². The quantitative estimate of drug-likeness (QED) is 0.797. The molecule has 4 heteroatoms. The average molecular weight is 266 g/mol. The van der Waals surface area contributed by atoms with E-state index in [1.165, 1.54) is 12.3 Å². The lowest BCUT2D eigenvalue weighted by Gasteiger charge is -2.14. The number of ketones is 2. The van der Waals surface area contributed by atoms with Crippen molar-refractivity contribution in [1.82, 2.24) is 9.55 Å². The smallest absolute Gasteiger partial charge is 0.205 e. The zero-order valence-electron chi connectivity index (χ0n) is 11.6. The molecule has 0 atom stereocenters. The summed E-state index contributed by atoms with van der Waals surface area (Å²) >= 11 is 0. The fourth-order valence-electron chi connectivity index (χ4n) is 2.52. The summed E-state index contributed by atoms with van der Waals surface area (Å²) in [4.78, 5) is 28.7. The van der Waals surface area contributed by atoms with Crippen LogP contribution >= 0.6 is 0 Å². The van der Waals surface area contributed by atoms with Gasteiger partial charge in [-0.25, -0.2) is 0 Å². The van der Waals surface area contributed by atoms with Gasteiger partial charge >= 0.3 is 0 Å². The number of Topliss-reactive ketones (excluding diaryl/α,β-unsaturated/α-hetero) is 1. The predicted octanol–water partition coefficient (Wildman–Crippen LogP) is 2.50. The first kappa shape index (κ1) is 12.5. The molecule has 20 heavy (non-hydrogen) atoms. The number of pyridine rings is 1. The Hall–Kier alpha value is -2.49. The minimum absolute atomic E-state index is 0.138. The lowest BCUT2D eigenvalue weighted by Crippen LogP contribution is -2.17. The molecule has 0 fully saturated rings. The monoisotopic (exact) mass is 266 g/mol. The Kier molecular flexibility index (Phi) is 2.67. The van der Waals surface area contributed by atoms with Gasteiger partial charge in [-0.15, -0.1) is 0 Å². The van der Waals surface area contributed by atoms with Crippen molar-refractivity contribution in [2.24, 2.45) is 7.05 Å². The molecule has 0 N–H and O–H groups in total. The number of carbonyl (C=O) groups is 2. The molecule has 1 aliphatic carbocycles. The largest absolute Gasteiger partial charge is 0.352 e. The highest BCUT2D eigenvalue weighted by Gasteiger charge is 2.28. The van der Waals surface area contributed by atoms with Crippen LogP contribution in [0.15, 0.2) is 30.5 Å². The Morgan fingerprint density at radius 3 is 2.55 bits per heavy atom. The summed E-state index contributed by atoms with van der Waals surface area (Å²) in [7, 11) is 1.94. The summed E-state index contributed by atoms with van der Waals surface area (Å²) in [6.45, 7) is 3.92. The maximum absolute atomic E-state index is 12.6. The van der Waals surface area contributed by atoms with Gasteiger partial charge in [-0.2, -0.15) is 0 Å². The van der Waals surface area contributed by atoms with Crippen molar-refractivity contribution in [3.05, 3.63) is 58.7 Å². The second-order valence-corrected chi connectivity index (χ2v) is 4.99. The number of aromatic nitrogens is 2. The van der Waals surface area contributed by atoms with E-state index < -0.39 is 0 Å². The second-order valence-electron chi connectivity index (χ2n) is 4.99. The Balaban J connectivity index is 2.20. The average Bonchev–Trinajstić information content (AvgIpc) is 2.70. The Morgan fingerprint density at radius 1 is 1.15 bits per heavy atom. The van der Waals surface area contributed by atoms with Crippen LogP contribution in [-0.4, -0.2) is 21.1 Å². The van der Waals surface area contributed by atoms with Crippen LogP contribution in [0.1, 0.15) is 37.8 Å². The highest BCUT2D eigenvalue weighted by molar-refractivity contribution is 6.38. The van der Waals surface area contributed by atoms with Crippen LogP contribution in [0.25, 0.3) is 5.57 Å². The molecule has 0 aliphatic heterocycles. The molecule has 2 aromatic rings. The number of rotatable bonds is 1. The zero-order chi connectivity index (χ0) is 14.4. The highest BCUT2D eigenvalue weighted by Crippen LogP contribution is 2.29. The van der Waals surface area contributed by atoms with Gasteiger partial charge in [-0.3, -0.25) is 14.6 Å². The van der Waals surface area contributed by atoms with E-state index in [9.17, 15) is 9.59 Å². The van der Waals surface area contributed by atoms with E-state index in [0.717, 1.165) is 17.0 Å². The molecule has 0 saturated carbocycles. The van der Waals surface area contributed by atoms with Crippen LogP contribution < -0.4 is 0 Å². The van der Waals surface area contributed by atoms with E-state index in [4.69, 9.17) is 0 Å². The van der Waals surface area contributed by atoms with Crippen LogP contribution in [0.5, 0.6) is 0 Å². The molecular formula is C16H14N2O2. The number of allylic oxidation sites excluding steroid dienone is 2. The van der Waals surface area contributed by atoms with E-state index in [-0.39, 0.29) is 17.3 Å². The molecule has 0 aromatic carbocycles. The molecule has 0 unspecified atom stereocenters. The van der Waals surface area contributed by atoms with Gasteiger partial charge in [0.05, 0.1) is 5.56 Å². The molecule has 2 heterocycles. The molecule has 0 saturated heterocycles. The van der Waals surface area contributed by atoms with E-state index >= 15 is 0 Å². The number of hydrogen-bond acceptors (Lipinski definition) is 3.